The van der Waals surface area contributed by atoms with Crippen molar-refractivity contribution in [1.82, 2.24) is 10.2 Å². The average molecular weight is 259 g/mol. The molecule has 1 aromatic rings. The summed E-state index contributed by atoms with van der Waals surface area (Å²) in [4.78, 5) is 2.26. The number of hydrogen-bond acceptors (Lipinski definition) is 2. The lowest BCUT2D eigenvalue weighted by molar-refractivity contribution is 0.190. The molecular weight excluding hydrogens is 239 g/mol. The first kappa shape index (κ1) is 14.4. The van der Waals surface area contributed by atoms with Crippen molar-refractivity contribution in [2.24, 2.45) is 0 Å². The molecule has 0 saturated carbocycles. The van der Waals surface area contributed by atoms with Gasteiger partial charge < -0.3 is 5.32 Å². The molecule has 0 aliphatic carbocycles. The number of benzene rings is 1. The lowest BCUT2D eigenvalue weighted by Crippen LogP contribution is -2.40. The van der Waals surface area contributed by atoms with Gasteiger partial charge >= 0.3 is 0 Å². The van der Waals surface area contributed by atoms with Crippen LogP contribution < -0.4 is 5.32 Å². The molecule has 0 aromatic heterocycles. The molecule has 1 aliphatic heterocycles. The van der Waals surface area contributed by atoms with E-state index < -0.39 is 0 Å². The molecule has 0 amide bonds. The first-order valence-electron chi connectivity index (χ1n) is 5.92. The fraction of sp³-hybridized carbons (Fsp3) is 0.538. The van der Waals surface area contributed by atoms with E-state index in [1.54, 1.807) is 6.07 Å². The van der Waals surface area contributed by atoms with E-state index in [4.69, 9.17) is 0 Å². The standard InChI is InChI=1S/C13H19FN2.ClH/c1-16(12-6-8-15-9-7-12)10-11-4-2-3-5-13(11)14;/h2-5,12,15H,6-10H2,1H3;1H. The fourth-order valence-corrected chi connectivity index (χ4v) is 2.27. The summed E-state index contributed by atoms with van der Waals surface area (Å²) >= 11 is 0. The van der Waals surface area contributed by atoms with Gasteiger partial charge in [0.25, 0.3) is 0 Å². The summed E-state index contributed by atoms with van der Waals surface area (Å²) in [6.45, 7) is 2.86. The van der Waals surface area contributed by atoms with Crippen LogP contribution >= 0.6 is 12.4 Å². The molecule has 1 N–H and O–H groups in total. The zero-order valence-electron chi connectivity index (χ0n) is 10.2. The third kappa shape index (κ3) is 3.95. The molecule has 2 rings (SSSR count). The molecule has 0 atom stereocenters. The smallest absolute Gasteiger partial charge is 0.127 e. The van der Waals surface area contributed by atoms with Gasteiger partial charge in [-0.15, -0.1) is 12.4 Å². The maximum Gasteiger partial charge on any atom is 0.127 e. The van der Waals surface area contributed by atoms with E-state index in [1.807, 2.05) is 12.1 Å². The van der Waals surface area contributed by atoms with E-state index in [0.717, 1.165) is 31.5 Å². The topological polar surface area (TPSA) is 15.3 Å². The Labute approximate surface area is 109 Å². The molecule has 1 heterocycles. The summed E-state index contributed by atoms with van der Waals surface area (Å²) in [5.74, 6) is -0.0942. The molecular formula is C13H20ClFN2. The highest BCUT2D eigenvalue weighted by molar-refractivity contribution is 5.85. The van der Waals surface area contributed by atoms with Crippen LogP contribution in [0.25, 0.3) is 0 Å². The zero-order chi connectivity index (χ0) is 11.4. The Bertz CT molecular complexity index is 340. The summed E-state index contributed by atoms with van der Waals surface area (Å²) in [5.41, 5.74) is 0.795. The second-order valence-corrected chi connectivity index (χ2v) is 4.49. The van der Waals surface area contributed by atoms with Crippen LogP contribution in [-0.2, 0) is 6.54 Å². The van der Waals surface area contributed by atoms with E-state index in [9.17, 15) is 4.39 Å². The Balaban J connectivity index is 0.00000144. The van der Waals surface area contributed by atoms with E-state index >= 15 is 0 Å². The third-order valence-electron chi connectivity index (χ3n) is 3.31. The van der Waals surface area contributed by atoms with Crippen molar-refractivity contribution in [2.45, 2.75) is 25.4 Å². The van der Waals surface area contributed by atoms with E-state index in [2.05, 4.69) is 17.3 Å². The van der Waals surface area contributed by atoms with Crippen LogP contribution in [0.3, 0.4) is 0 Å². The summed E-state index contributed by atoms with van der Waals surface area (Å²) < 4.78 is 13.5. The van der Waals surface area contributed by atoms with Crippen molar-refractivity contribution in [3.05, 3.63) is 35.6 Å². The minimum absolute atomic E-state index is 0. The van der Waals surface area contributed by atoms with Crippen LogP contribution in [0.2, 0.25) is 0 Å². The van der Waals surface area contributed by atoms with Crippen LogP contribution in [0, 0.1) is 5.82 Å². The van der Waals surface area contributed by atoms with Gasteiger partial charge in [0.15, 0.2) is 0 Å². The van der Waals surface area contributed by atoms with Crippen LogP contribution in [0.5, 0.6) is 0 Å². The number of hydrogen-bond donors (Lipinski definition) is 1. The second kappa shape index (κ2) is 6.94. The highest BCUT2D eigenvalue weighted by Crippen LogP contribution is 2.15. The van der Waals surface area contributed by atoms with Crippen LogP contribution in [0.4, 0.5) is 4.39 Å². The van der Waals surface area contributed by atoms with Crippen LogP contribution in [0.1, 0.15) is 18.4 Å². The maximum absolute atomic E-state index is 13.5. The van der Waals surface area contributed by atoms with Crippen LogP contribution in [0.15, 0.2) is 24.3 Å². The van der Waals surface area contributed by atoms with Gasteiger partial charge in [0.05, 0.1) is 0 Å². The summed E-state index contributed by atoms with van der Waals surface area (Å²) in [6.07, 6.45) is 2.32. The van der Waals surface area contributed by atoms with Gasteiger partial charge in [-0.1, -0.05) is 18.2 Å². The molecule has 0 radical (unpaired) electrons. The van der Waals surface area contributed by atoms with E-state index in [-0.39, 0.29) is 18.2 Å². The van der Waals surface area contributed by atoms with E-state index in [0.29, 0.717) is 12.6 Å². The summed E-state index contributed by atoms with van der Waals surface area (Å²) in [5, 5.41) is 3.34. The number of nitrogens with one attached hydrogen (secondary N) is 1. The van der Waals surface area contributed by atoms with Gasteiger partial charge in [-0.25, -0.2) is 4.39 Å². The van der Waals surface area contributed by atoms with E-state index in [1.165, 1.54) is 6.07 Å². The first-order chi connectivity index (χ1) is 7.77. The largest absolute Gasteiger partial charge is 0.317 e. The Morgan fingerprint density at radius 1 is 1.29 bits per heavy atom. The Hall–Kier alpha value is -0.640. The molecule has 0 bridgehead atoms. The van der Waals surface area contributed by atoms with Gasteiger partial charge in [0.1, 0.15) is 5.82 Å². The minimum atomic E-state index is -0.0942. The average Bonchev–Trinajstić information content (AvgIpc) is 2.33. The molecule has 1 aliphatic rings. The number of nitrogens with zero attached hydrogens (tertiary/aromatic N) is 1. The molecule has 0 spiro atoms. The Morgan fingerprint density at radius 3 is 2.59 bits per heavy atom. The lowest BCUT2D eigenvalue weighted by Gasteiger charge is -2.31. The molecule has 96 valence electrons. The molecule has 4 heteroatoms. The SMILES string of the molecule is CN(Cc1ccccc1F)C1CCNCC1.Cl. The Morgan fingerprint density at radius 2 is 1.94 bits per heavy atom. The van der Waals surface area contributed by atoms with Gasteiger partial charge in [0.2, 0.25) is 0 Å². The lowest BCUT2D eigenvalue weighted by atomic mass is 10.0. The molecule has 17 heavy (non-hydrogen) atoms. The normalized spacial score (nSPS) is 16.9. The monoisotopic (exact) mass is 258 g/mol. The molecule has 0 unspecified atom stereocenters. The second-order valence-electron chi connectivity index (χ2n) is 4.49. The quantitative estimate of drug-likeness (QED) is 0.896. The van der Waals surface area contributed by atoms with Crippen molar-refractivity contribution < 1.29 is 4.39 Å². The number of rotatable bonds is 3. The van der Waals surface area contributed by atoms with Gasteiger partial charge in [0, 0.05) is 18.2 Å². The van der Waals surface area contributed by atoms with Crippen molar-refractivity contribution >= 4 is 12.4 Å². The molecule has 1 saturated heterocycles. The first-order valence-corrected chi connectivity index (χ1v) is 5.92. The fourth-order valence-electron chi connectivity index (χ4n) is 2.27. The summed E-state index contributed by atoms with van der Waals surface area (Å²) in [7, 11) is 2.09. The van der Waals surface area contributed by atoms with Gasteiger partial charge in [-0.2, -0.15) is 0 Å². The molecule has 1 aromatic carbocycles. The van der Waals surface area contributed by atoms with Crippen LogP contribution in [-0.4, -0.2) is 31.1 Å². The molecule has 2 nitrogen and oxygen atoms in total. The third-order valence-corrected chi connectivity index (χ3v) is 3.31. The Kier molecular flexibility index (Phi) is 5.89. The van der Waals surface area contributed by atoms with Gasteiger partial charge in [-0.05, 0) is 39.0 Å². The predicted octanol–water partition coefficient (Wildman–Crippen LogP) is 2.43. The zero-order valence-corrected chi connectivity index (χ0v) is 11.0. The maximum atomic E-state index is 13.5. The van der Waals surface area contributed by atoms with Gasteiger partial charge in [-0.3, -0.25) is 4.90 Å². The van der Waals surface area contributed by atoms with Crippen molar-refractivity contribution in [2.75, 3.05) is 20.1 Å². The minimum Gasteiger partial charge on any atom is -0.317 e. The number of piperidine rings is 1. The predicted molar refractivity (Wildman–Crippen MR) is 71.0 cm³/mol. The van der Waals surface area contributed by atoms with Crippen molar-refractivity contribution in [3.8, 4) is 0 Å². The highest BCUT2D eigenvalue weighted by atomic mass is 35.5. The van der Waals surface area contributed by atoms with Crippen molar-refractivity contribution in [1.29, 1.82) is 0 Å². The van der Waals surface area contributed by atoms with Crippen molar-refractivity contribution in [3.63, 3.8) is 0 Å². The summed E-state index contributed by atoms with van der Waals surface area (Å²) in [6, 6.07) is 7.62. The number of halogens is 2. The highest BCUT2D eigenvalue weighted by Gasteiger charge is 2.18. The molecule has 1 fully saturated rings.